The number of aromatic amines is 1. The molecule has 5 rings (SSSR count). The van der Waals surface area contributed by atoms with Crippen LogP contribution in [0.2, 0.25) is 0 Å². The second-order valence-electron chi connectivity index (χ2n) is 8.91. The lowest BCUT2D eigenvalue weighted by Gasteiger charge is -2.31. The molecule has 0 aliphatic carbocycles. The first-order valence-corrected chi connectivity index (χ1v) is 10.8. The van der Waals surface area contributed by atoms with Crippen molar-refractivity contribution in [1.82, 2.24) is 10.3 Å². The zero-order chi connectivity index (χ0) is 23.3. The predicted octanol–water partition coefficient (Wildman–Crippen LogP) is 4.31. The van der Waals surface area contributed by atoms with Gasteiger partial charge in [0, 0.05) is 23.3 Å². The van der Waals surface area contributed by atoms with Gasteiger partial charge in [0.2, 0.25) is 0 Å². The molecule has 3 aromatic carbocycles. The van der Waals surface area contributed by atoms with Crippen molar-refractivity contribution in [2.45, 2.75) is 19.4 Å². The van der Waals surface area contributed by atoms with Gasteiger partial charge in [-0.3, -0.25) is 9.59 Å². The lowest BCUT2D eigenvalue weighted by atomic mass is 9.92. The molecule has 0 fully saturated rings. The highest BCUT2D eigenvalue weighted by molar-refractivity contribution is 6.00. The molecule has 0 bridgehead atoms. The van der Waals surface area contributed by atoms with Crippen LogP contribution in [0, 0.1) is 5.82 Å². The van der Waals surface area contributed by atoms with Gasteiger partial charge >= 0.3 is 0 Å². The van der Waals surface area contributed by atoms with Crippen molar-refractivity contribution >= 4 is 33.4 Å². The largest absolute Gasteiger partial charge is 0.490 e. The second-order valence-corrected chi connectivity index (χ2v) is 8.91. The van der Waals surface area contributed by atoms with Crippen LogP contribution >= 0.6 is 0 Å². The maximum absolute atomic E-state index is 15.0. The number of fused-ring (bicyclic) bond motifs is 3. The molecule has 2 heterocycles. The summed E-state index contributed by atoms with van der Waals surface area (Å²) in [6.07, 6.45) is 0. The fourth-order valence-electron chi connectivity index (χ4n) is 4.29. The molecule has 7 heteroatoms. The highest BCUT2D eigenvalue weighted by Crippen LogP contribution is 2.35. The Balaban J connectivity index is 1.50. The molecule has 4 aromatic rings. The number of carbonyl (C=O) groups is 1. The van der Waals surface area contributed by atoms with E-state index in [1.54, 1.807) is 18.2 Å². The molecule has 1 aliphatic rings. The number of nitrogens with one attached hydrogen (secondary N) is 2. The number of likely N-dealkylation sites (N-methyl/N-ethyl adjacent to an activating group) is 1. The molecular formula is C26H24FN3O3. The maximum Gasteiger partial charge on any atom is 0.255 e. The lowest BCUT2D eigenvalue weighted by molar-refractivity contribution is 0.0908. The van der Waals surface area contributed by atoms with Gasteiger partial charge in [0.05, 0.1) is 28.9 Å². The van der Waals surface area contributed by atoms with E-state index in [0.29, 0.717) is 23.0 Å². The number of para-hydroxylation sites is 1. The zero-order valence-corrected chi connectivity index (χ0v) is 18.7. The van der Waals surface area contributed by atoms with Crippen LogP contribution in [-0.4, -0.2) is 31.1 Å². The first kappa shape index (κ1) is 21.0. The molecule has 0 saturated carbocycles. The number of nitrogens with zero attached hydrogens (tertiary/aromatic N) is 1. The average Bonchev–Trinajstić information content (AvgIpc) is 2.79. The number of anilines is 1. The summed E-state index contributed by atoms with van der Waals surface area (Å²) in [6.45, 7) is 5.11. The van der Waals surface area contributed by atoms with E-state index < -0.39 is 17.3 Å². The molecule has 6 nitrogen and oxygen atoms in total. The van der Waals surface area contributed by atoms with E-state index >= 15 is 0 Å². The van der Waals surface area contributed by atoms with Crippen LogP contribution in [0.5, 0.6) is 5.75 Å². The number of rotatable bonds is 3. The van der Waals surface area contributed by atoms with E-state index in [2.05, 4.69) is 15.2 Å². The first-order chi connectivity index (χ1) is 15.7. The van der Waals surface area contributed by atoms with Crippen molar-refractivity contribution in [3.05, 3.63) is 81.8 Å². The van der Waals surface area contributed by atoms with Crippen LogP contribution < -0.4 is 20.4 Å². The van der Waals surface area contributed by atoms with Crippen LogP contribution in [0.25, 0.3) is 21.8 Å². The number of hydrogen-bond acceptors (Lipinski definition) is 4. The van der Waals surface area contributed by atoms with Gasteiger partial charge in [0.1, 0.15) is 18.2 Å². The minimum absolute atomic E-state index is 0.129. The Bertz CT molecular complexity index is 1480. The van der Waals surface area contributed by atoms with E-state index in [0.717, 1.165) is 29.6 Å². The van der Waals surface area contributed by atoms with Gasteiger partial charge in [-0.05, 0) is 55.8 Å². The van der Waals surface area contributed by atoms with Crippen molar-refractivity contribution in [3.63, 3.8) is 0 Å². The van der Waals surface area contributed by atoms with Crippen LogP contribution in [-0.2, 0) is 5.54 Å². The summed E-state index contributed by atoms with van der Waals surface area (Å²) >= 11 is 0. The molecule has 33 heavy (non-hydrogen) atoms. The lowest BCUT2D eigenvalue weighted by Crippen LogP contribution is -2.41. The number of hydrogen-bond donors (Lipinski definition) is 2. The Labute approximate surface area is 190 Å². The van der Waals surface area contributed by atoms with Gasteiger partial charge < -0.3 is 19.9 Å². The number of pyridine rings is 1. The molecule has 1 aromatic heterocycles. The molecule has 168 valence electrons. The number of ether oxygens (including phenoxy) is 1. The molecule has 1 amide bonds. The van der Waals surface area contributed by atoms with Gasteiger partial charge in [-0.15, -0.1) is 0 Å². The summed E-state index contributed by atoms with van der Waals surface area (Å²) in [5.74, 6) is -0.555. The van der Waals surface area contributed by atoms with Gasteiger partial charge in [0.25, 0.3) is 5.91 Å². The number of aromatic nitrogens is 1. The summed E-state index contributed by atoms with van der Waals surface area (Å²) < 4.78 is 20.7. The SMILES string of the molecule is CN1CCOc2cc(C(C)(C)NC(=O)c3cc4[nH]c5ccccc5c(=O)c4cc3F)ccc21. The van der Waals surface area contributed by atoms with E-state index in [9.17, 15) is 14.0 Å². The van der Waals surface area contributed by atoms with Crippen molar-refractivity contribution in [1.29, 1.82) is 0 Å². The molecular weight excluding hydrogens is 421 g/mol. The number of benzene rings is 3. The van der Waals surface area contributed by atoms with Crippen molar-refractivity contribution < 1.29 is 13.9 Å². The predicted molar refractivity (Wildman–Crippen MR) is 128 cm³/mol. The smallest absolute Gasteiger partial charge is 0.255 e. The Morgan fingerprint density at radius 1 is 1.09 bits per heavy atom. The molecule has 0 atom stereocenters. The average molecular weight is 445 g/mol. The summed E-state index contributed by atoms with van der Waals surface area (Å²) in [5.41, 5.74) is 1.68. The van der Waals surface area contributed by atoms with E-state index in [-0.39, 0.29) is 16.4 Å². The first-order valence-electron chi connectivity index (χ1n) is 10.8. The zero-order valence-electron chi connectivity index (χ0n) is 18.7. The van der Waals surface area contributed by atoms with Gasteiger partial charge in [0.15, 0.2) is 5.43 Å². The third-order valence-electron chi connectivity index (χ3n) is 6.24. The van der Waals surface area contributed by atoms with Crippen LogP contribution in [0.3, 0.4) is 0 Å². The quantitative estimate of drug-likeness (QED) is 0.461. The fourth-order valence-corrected chi connectivity index (χ4v) is 4.29. The normalized spacial score (nSPS) is 13.6. The molecule has 0 unspecified atom stereocenters. The summed E-state index contributed by atoms with van der Waals surface area (Å²) in [7, 11) is 2.00. The van der Waals surface area contributed by atoms with Crippen LogP contribution in [0.1, 0.15) is 29.8 Å². The van der Waals surface area contributed by atoms with E-state index in [1.807, 2.05) is 45.2 Å². The van der Waals surface area contributed by atoms with Crippen molar-refractivity contribution in [2.24, 2.45) is 0 Å². The molecule has 0 saturated heterocycles. The topological polar surface area (TPSA) is 74.4 Å². The molecule has 1 aliphatic heterocycles. The Hall–Kier alpha value is -3.87. The number of amides is 1. The monoisotopic (exact) mass is 445 g/mol. The van der Waals surface area contributed by atoms with Gasteiger partial charge in [-0.2, -0.15) is 0 Å². The summed E-state index contributed by atoms with van der Waals surface area (Å²) in [6, 6.07) is 15.4. The van der Waals surface area contributed by atoms with E-state index in [1.165, 1.54) is 6.07 Å². The number of carbonyl (C=O) groups excluding carboxylic acids is 1. The second kappa shape index (κ2) is 7.62. The van der Waals surface area contributed by atoms with Crippen molar-refractivity contribution in [3.8, 4) is 5.75 Å². The highest BCUT2D eigenvalue weighted by Gasteiger charge is 2.27. The molecule has 2 N–H and O–H groups in total. The van der Waals surface area contributed by atoms with Crippen LogP contribution in [0.4, 0.5) is 10.1 Å². The minimum atomic E-state index is -0.788. The van der Waals surface area contributed by atoms with Gasteiger partial charge in [-0.1, -0.05) is 18.2 Å². The Morgan fingerprint density at radius 2 is 1.88 bits per heavy atom. The van der Waals surface area contributed by atoms with Gasteiger partial charge in [-0.25, -0.2) is 4.39 Å². The molecule has 0 radical (unpaired) electrons. The minimum Gasteiger partial charge on any atom is -0.490 e. The Kier molecular flexibility index (Phi) is 4.85. The summed E-state index contributed by atoms with van der Waals surface area (Å²) in [4.78, 5) is 31.1. The van der Waals surface area contributed by atoms with E-state index in [4.69, 9.17) is 4.74 Å². The van der Waals surface area contributed by atoms with Crippen molar-refractivity contribution in [2.75, 3.05) is 25.1 Å². The summed E-state index contributed by atoms with van der Waals surface area (Å²) in [5, 5.41) is 3.61. The third-order valence-corrected chi connectivity index (χ3v) is 6.24. The Morgan fingerprint density at radius 3 is 2.70 bits per heavy atom. The number of H-pyrrole nitrogens is 1. The highest BCUT2D eigenvalue weighted by atomic mass is 19.1. The van der Waals surface area contributed by atoms with Crippen LogP contribution in [0.15, 0.2) is 59.4 Å². The maximum atomic E-state index is 15.0. The standard InChI is InChI=1S/C26H24FN3O3/c1-26(2,15-8-9-22-23(12-15)33-11-10-30(22)3)29-25(32)17-14-21-18(13-19(17)27)24(31)16-6-4-5-7-20(16)28-21/h4-9,12-14H,10-11H2,1-3H3,(H,28,31)(H,29,32). The molecule has 0 spiro atoms. The number of halogens is 1. The fraction of sp³-hybridized carbons (Fsp3) is 0.231. The third kappa shape index (κ3) is 3.59.